The summed E-state index contributed by atoms with van der Waals surface area (Å²) in [6, 6.07) is 18.3. The minimum absolute atomic E-state index is 0.135. The summed E-state index contributed by atoms with van der Waals surface area (Å²) in [5.74, 6) is 0.797. The van der Waals surface area contributed by atoms with Crippen molar-refractivity contribution in [3.05, 3.63) is 125 Å². The summed E-state index contributed by atoms with van der Waals surface area (Å²) in [6.07, 6.45) is 19.7. The number of benzene rings is 2. The third kappa shape index (κ3) is 7.56. The monoisotopic (exact) mass is 755 g/mol. The summed E-state index contributed by atoms with van der Waals surface area (Å²) in [7, 11) is 0. The molecule has 0 bridgehead atoms. The number of nitrogens with zero attached hydrogens (tertiary/aromatic N) is 6. The van der Waals surface area contributed by atoms with Crippen molar-refractivity contribution >= 4 is 46.4 Å². The summed E-state index contributed by atoms with van der Waals surface area (Å²) in [4.78, 5) is 23.5. The zero-order valence-electron chi connectivity index (χ0n) is 31.1. The Morgan fingerprint density at radius 1 is 0.696 bits per heavy atom. The Labute approximate surface area is 324 Å². The molecule has 1 aromatic heterocycles. The van der Waals surface area contributed by atoms with E-state index in [1.165, 1.54) is 61.0 Å². The minimum Gasteiger partial charge on any atom is -0.368 e. The number of pyridine rings is 1. The predicted octanol–water partition coefficient (Wildman–Crippen LogP) is 10.5. The van der Waals surface area contributed by atoms with Crippen LogP contribution in [0.1, 0.15) is 105 Å². The van der Waals surface area contributed by atoms with Crippen LogP contribution < -0.4 is 16.0 Å². The quantitative estimate of drug-likeness (QED) is 0.199. The van der Waals surface area contributed by atoms with Gasteiger partial charge in [0, 0.05) is 35.2 Å². The molecule has 0 saturated heterocycles. The van der Waals surface area contributed by atoms with Crippen LogP contribution >= 0.6 is 0 Å². The average molecular weight is 756 g/mol. The molecule has 9 nitrogen and oxygen atoms in total. The van der Waals surface area contributed by atoms with Gasteiger partial charge in [-0.2, -0.15) is 23.2 Å². The lowest BCUT2D eigenvalue weighted by molar-refractivity contribution is -0.0597. The van der Waals surface area contributed by atoms with Crippen molar-refractivity contribution in [1.29, 1.82) is 0 Å². The molecule has 2 aliphatic carbocycles. The number of allylic oxidation sites excluding steroid dienone is 4. The molecule has 3 aromatic rings. The molecule has 6 aliphatic rings. The van der Waals surface area contributed by atoms with Crippen molar-refractivity contribution < 1.29 is 13.2 Å². The number of nitrogens with one attached hydrogen (secondary N) is 3. The highest BCUT2D eigenvalue weighted by Crippen LogP contribution is 2.40. The van der Waals surface area contributed by atoms with Crippen LogP contribution in [0.15, 0.2) is 123 Å². The number of dihydropyridines is 1. The molecule has 56 heavy (non-hydrogen) atoms. The maximum Gasteiger partial charge on any atom is 0.451 e. The van der Waals surface area contributed by atoms with Gasteiger partial charge in [0.15, 0.2) is 0 Å². The zero-order chi connectivity index (χ0) is 38.1. The molecular weight excluding hydrogens is 712 g/mol. The highest BCUT2D eigenvalue weighted by molar-refractivity contribution is 6.25. The number of aliphatic imine (C=N–C) groups is 4. The third-order valence-electron chi connectivity index (χ3n) is 11.4. The second kappa shape index (κ2) is 15.4. The van der Waals surface area contributed by atoms with E-state index in [9.17, 15) is 13.2 Å². The van der Waals surface area contributed by atoms with Crippen molar-refractivity contribution in [2.75, 3.05) is 17.2 Å². The van der Waals surface area contributed by atoms with Crippen molar-refractivity contribution in [3.63, 3.8) is 0 Å². The predicted molar refractivity (Wildman–Crippen MR) is 218 cm³/mol. The van der Waals surface area contributed by atoms with Crippen LogP contribution in [0.25, 0.3) is 5.70 Å². The molecule has 9 rings (SSSR count). The number of rotatable bonds is 8. The summed E-state index contributed by atoms with van der Waals surface area (Å²) < 4.78 is 43.3. The molecule has 2 saturated carbocycles. The van der Waals surface area contributed by atoms with Crippen molar-refractivity contribution in [3.8, 4) is 0 Å². The number of anilines is 3. The fraction of sp³-hybridized carbons (Fsp3) is 0.341. The van der Waals surface area contributed by atoms with E-state index in [-0.39, 0.29) is 11.9 Å². The lowest BCUT2D eigenvalue weighted by Gasteiger charge is -2.33. The Hall–Kier alpha value is -5.78. The zero-order valence-corrected chi connectivity index (χ0v) is 31.1. The van der Waals surface area contributed by atoms with E-state index in [2.05, 4.69) is 55.2 Å². The molecule has 5 heterocycles. The van der Waals surface area contributed by atoms with Crippen LogP contribution in [0.4, 0.5) is 30.4 Å². The Morgan fingerprint density at radius 2 is 1.38 bits per heavy atom. The number of alkyl halides is 3. The van der Waals surface area contributed by atoms with E-state index in [0.29, 0.717) is 41.3 Å². The van der Waals surface area contributed by atoms with Crippen LogP contribution in [-0.2, 0) is 0 Å². The number of hydrogen-bond acceptors (Lipinski definition) is 9. The molecule has 2 aromatic carbocycles. The lowest BCUT2D eigenvalue weighted by Crippen LogP contribution is -2.44. The normalized spacial score (nSPS) is 20.2. The lowest BCUT2D eigenvalue weighted by atomic mass is 9.83. The highest BCUT2D eigenvalue weighted by atomic mass is 19.4. The molecule has 286 valence electrons. The first-order chi connectivity index (χ1) is 27.4. The van der Waals surface area contributed by atoms with Crippen LogP contribution in [0, 0.1) is 0 Å². The van der Waals surface area contributed by atoms with Crippen LogP contribution in [0.3, 0.4) is 0 Å². The molecule has 0 radical (unpaired) electrons. The number of hydrogen-bond donors (Lipinski definition) is 3. The van der Waals surface area contributed by atoms with E-state index < -0.39 is 12.0 Å². The van der Waals surface area contributed by atoms with Gasteiger partial charge in [-0.05, 0) is 91.1 Å². The standard InChI is InChI=1S/C44H44F3N9/c45-44(46,47)41-54-42-52-37(33-20-18-30(28-12-4-1-2-5-13-28)24-35(33)50-39-16-8-10-22-48-39)26-32-27-38(53-43(55-41)56(32)42)34-21-19-31(29-14-6-3-7-15-29)25-36(34)51-40-17-9-11-23-49-40/h8-11,16-22,24-29,49,51H,1-7,12-15,23H2,(H,48,50). The Morgan fingerprint density at radius 3 is 2.04 bits per heavy atom. The molecule has 0 unspecified atom stereocenters. The SMILES string of the molecule is FC(F)(F)C1=NC2=NC(c3ccc(C4CCCCC4)cc3NC3=CC=CCN3)=CC3=CC(c4ccc(C5CCCCCC5)cc4Nc4ccccn4)=NC(=N1)N32. The topological polar surface area (TPSA) is 102 Å². The van der Waals surface area contributed by atoms with Gasteiger partial charge in [0.05, 0.1) is 17.1 Å². The highest BCUT2D eigenvalue weighted by Gasteiger charge is 2.43. The van der Waals surface area contributed by atoms with Gasteiger partial charge in [0.2, 0.25) is 17.8 Å². The fourth-order valence-electron chi connectivity index (χ4n) is 8.52. The van der Waals surface area contributed by atoms with Gasteiger partial charge >= 0.3 is 6.18 Å². The average Bonchev–Trinajstić information content (AvgIpc) is 3.51. The summed E-state index contributed by atoms with van der Waals surface area (Å²) >= 11 is 0. The van der Waals surface area contributed by atoms with E-state index in [1.54, 1.807) is 6.20 Å². The van der Waals surface area contributed by atoms with Gasteiger partial charge in [-0.3, -0.25) is 0 Å². The molecular formula is C44H44F3N9. The summed E-state index contributed by atoms with van der Waals surface area (Å²) in [6.45, 7) is 0.682. The first-order valence-corrected chi connectivity index (χ1v) is 19.9. The van der Waals surface area contributed by atoms with Crippen molar-refractivity contribution in [2.45, 2.75) is 88.6 Å². The maximum atomic E-state index is 14.4. The van der Waals surface area contributed by atoms with Crippen molar-refractivity contribution in [2.24, 2.45) is 20.0 Å². The Kier molecular flexibility index (Phi) is 9.87. The molecule has 0 amide bonds. The minimum atomic E-state index is -4.81. The van der Waals surface area contributed by atoms with Gasteiger partial charge in [-0.1, -0.05) is 87.4 Å². The van der Waals surface area contributed by atoms with Gasteiger partial charge in [0.25, 0.3) is 0 Å². The van der Waals surface area contributed by atoms with Crippen molar-refractivity contribution in [1.82, 2.24) is 15.2 Å². The fourth-order valence-corrected chi connectivity index (χ4v) is 8.52. The van der Waals surface area contributed by atoms with Gasteiger partial charge in [-0.25, -0.2) is 19.9 Å². The first kappa shape index (κ1) is 35.9. The smallest absolute Gasteiger partial charge is 0.368 e. The third-order valence-corrected chi connectivity index (χ3v) is 11.4. The maximum absolute atomic E-state index is 14.4. The number of amidine groups is 1. The van der Waals surface area contributed by atoms with E-state index in [4.69, 9.17) is 9.98 Å². The number of guanidine groups is 2. The first-order valence-electron chi connectivity index (χ1n) is 19.9. The second-order valence-electron chi connectivity index (χ2n) is 15.2. The number of aromatic nitrogens is 1. The molecule has 2 fully saturated rings. The molecule has 4 aliphatic heterocycles. The Bertz CT molecular complexity index is 2250. The van der Waals surface area contributed by atoms with E-state index >= 15 is 0 Å². The molecule has 0 atom stereocenters. The van der Waals surface area contributed by atoms with Gasteiger partial charge < -0.3 is 16.0 Å². The Balaban J connectivity index is 1.16. The molecule has 0 spiro atoms. The largest absolute Gasteiger partial charge is 0.451 e. The van der Waals surface area contributed by atoms with Crippen LogP contribution in [0.5, 0.6) is 0 Å². The van der Waals surface area contributed by atoms with Crippen LogP contribution in [-0.4, -0.2) is 46.1 Å². The van der Waals surface area contributed by atoms with Crippen LogP contribution in [0.2, 0.25) is 0 Å². The van der Waals surface area contributed by atoms with Gasteiger partial charge in [0.1, 0.15) is 11.6 Å². The number of halogens is 3. The van der Waals surface area contributed by atoms with E-state index in [1.807, 2.05) is 60.7 Å². The van der Waals surface area contributed by atoms with E-state index in [0.717, 1.165) is 54.0 Å². The summed E-state index contributed by atoms with van der Waals surface area (Å²) in [5.41, 5.74) is 7.04. The second-order valence-corrected chi connectivity index (χ2v) is 15.2. The molecule has 3 N–H and O–H groups in total. The van der Waals surface area contributed by atoms with Gasteiger partial charge in [-0.15, -0.1) is 0 Å². The summed E-state index contributed by atoms with van der Waals surface area (Å²) in [5, 5.41) is 10.4. The molecule has 12 heteroatoms.